The molecule has 1 aromatic rings. The number of benzene rings is 1. The van der Waals surface area contributed by atoms with Crippen molar-refractivity contribution in [1.82, 2.24) is 0 Å². The second-order valence-corrected chi connectivity index (χ2v) is 4.93. The van der Waals surface area contributed by atoms with Gasteiger partial charge in [-0.05, 0) is 29.5 Å². The summed E-state index contributed by atoms with van der Waals surface area (Å²) in [6.07, 6.45) is 1.01. The van der Waals surface area contributed by atoms with Gasteiger partial charge in [-0.15, -0.1) is 0 Å². The Hall–Kier alpha value is -1.31. The molecule has 0 atom stereocenters. The summed E-state index contributed by atoms with van der Waals surface area (Å²) in [4.78, 5) is 11.2. The monoisotopic (exact) mass is 206 g/mol. The van der Waals surface area contributed by atoms with Gasteiger partial charge >= 0.3 is 5.97 Å². The van der Waals surface area contributed by atoms with Gasteiger partial charge in [-0.3, -0.25) is 0 Å². The summed E-state index contributed by atoms with van der Waals surface area (Å²) in [5.74, 6) is -0.280. The van der Waals surface area contributed by atoms with Crippen molar-refractivity contribution in [2.75, 3.05) is 7.11 Å². The van der Waals surface area contributed by atoms with E-state index in [1.54, 1.807) is 0 Å². The van der Waals surface area contributed by atoms with Crippen molar-refractivity contribution in [2.45, 2.75) is 27.2 Å². The Kier molecular flexibility index (Phi) is 3.51. The third-order valence-electron chi connectivity index (χ3n) is 2.11. The minimum atomic E-state index is -0.280. The molecule has 0 N–H and O–H groups in total. The molecule has 0 bridgehead atoms. The fourth-order valence-corrected chi connectivity index (χ4v) is 1.49. The van der Waals surface area contributed by atoms with Crippen molar-refractivity contribution in [1.29, 1.82) is 0 Å². The van der Waals surface area contributed by atoms with Crippen molar-refractivity contribution in [3.05, 3.63) is 35.4 Å². The van der Waals surface area contributed by atoms with E-state index in [0.717, 1.165) is 6.42 Å². The van der Waals surface area contributed by atoms with Crippen LogP contribution in [0.15, 0.2) is 24.3 Å². The van der Waals surface area contributed by atoms with Gasteiger partial charge in [-0.25, -0.2) is 4.79 Å². The van der Waals surface area contributed by atoms with Crippen LogP contribution in [-0.2, 0) is 11.2 Å². The zero-order valence-corrected chi connectivity index (χ0v) is 9.83. The van der Waals surface area contributed by atoms with Crippen molar-refractivity contribution in [3.63, 3.8) is 0 Å². The molecule has 0 spiro atoms. The zero-order valence-electron chi connectivity index (χ0n) is 9.83. The van der Waals surface area contributed by atoms with Gasteiger partial charge in [0.25, 0.3) is 0 Å². The molecule has 1 rings (SSSR count). The van der Waals surface area contributed by atoms with E-state index in [-0.39, 0.29) is 11.4 Å². The molecule has 0 fully saturated rings. The lowest BCUT2D eigenvalue weighted by Gasteiger charge is -2.17. The minimum Gasteiger partial charge on any atom is -0.465 e. The van der Waals surface area contributed by atoms with Gasteiger partial charge in [-0.1, -0.05) is 32.9 Å². The van der Waals surface area contributed by atoms with Gasteiger partial charge < -0.3 is 4.74 Å². The largest absolute Gasteiger partial charge is 0.465 e. The smallest absolute Gasteiger partial charge is 0.337 e. The van der Waals surface area contributed by atoms with E-state index in [9.17, 15) is 4.79 Å². The highest BCUT2D eigenvalue weighted by molar-refractivity contribution is 5.89. The molecular weight excluding hydrogens is 188 g/mol. The Morgan fingerprint density at radius 2 is 1.73 bits per heavy atom. The first-order chi connectivity index (χ1) is 6.92. The van der Waals surface area contributed by atoms with Crippen LogP contribution in [0.25, 0.3) is 0 Å². The lowest BCUT2D eigenvalue weighted by Crippen LogP contribution is -2.09. The van der Waals surface area contributed by atoms with Crippen molar-refractivity contribution >= 4 is 5.97 Å². The van der Waals surface area contributed by atoms with Crippen LogP contribution in [0.5, 0.6) is 0 Å². The molecule has 0 aliphatic carbocycles. The molecule has 2 nitrogen and oxygen atoms in total. The molecule has 2 heteroatoms. The van der Waals surface area contributed by atoms with Gasteiger partial charge in [0.1, 0.15) is 0 Å². The summed E-state index contributed by atoms with van der Waals surface area (Å²) in [5.41, 5.74) is 2.12. The topological polar surface area (TPSA) is 26.3 Å². The molecule has 0 aliphatic rings. The van der Waals surface area contributed by atoms with Crippen LogP contribution in [0, 0.1) is 5.41 Å². The number of rotatable bonds is 2. The number of hydrogen-bond acceptors (Lipinski definition) is 2. The van der Waals surface area contributed by atoms with Crippen molar-refractivity contribution in [2.24, 2.45) is 5.41 Å². The van der Waals surface area contributed by atoms with Gasteiger partial charge in [0.2, 0.25) is 0 Å². The molecule has 0 radical (unpaired) electrons. The lowest BCUT2D eigenvalue weighted by atomic mass is 9.88. The second-order valence-electron chi connectivity index (χ2n) is 4.93. The Morgan fingerprint density at radius 1 is 1.20 bits per heavy atom. The molecule has 1 aromatic carbocycles. The number of ether oxygens (including phenoxy) is 1. The van der Waals surface area contributed by atoms with E-state index >= 15 is 0 Å². The first-order valence-electron chi connectivity index (χ1n) is 5.09. The molecule has 82 valence electrons. The number of methoxy groups -OCH3 is 1. The van der Waals surface area contributed by atoms with E-state index in [1.807, 2.05) is 24.3 Å². The van der Waals surface area contributed by atoms with Crippen molar-refractivity contribution in [3.8, 4) is 0 Å². The summed E-state index contributed by atoms with van der Waals surface area (Å²) in [6.45, 7) is 6.59. The fraction of sp³-hybridized carbons (Fsp3) is 0.462. The van der Waals surface area contributed by atoms with Crippen LogP contribution >= 0.6 is 0 Å². The number of carbonyl (C=O) groups excluding carboxylic acids is 1. The van der Waals surface area contributed by atoms with Gasteiger partial charge in [0.15, 0.2) is 0 Å². The SMILES string of the molecule is COC(=O)c1ccc(CC(C)(C)C)cc1. The summed E-state index contributed by atoms with van der Waals surface area (Å²) in [5, 5.41) is 0. The van der Waals surface area contributed by atoms with Crippen LogP contribution < -0.4 is 0 Å². The molecule has 15 heavy (non-hydrogen) atoms. The molecule has 0 aromatic heterocycles. The molecular formula is C13H18O2. The van der Waals surface area contributed by atoms with Crippen LogP contribution in [0.3, 0.4) is 0 Å². The lowest BCUT2D eigenvalue weighted by molar-refractivity contribution is 0.0600. The maximum atomic E-state index is 11.2. The zero-order chi connectivity index (χ0) is 11.5. The molecule has 0 heterocycles. The molecule has 0 saturated heterocycles. The highest BCUT2D eigenvalue weighted by Crippen LogP contribution is 2.20. The quantitative estimate of drug-likeness (QED) is 0.695. The predicted octanol–water partition coefficient (Wildman–Crippen LogP) is 3.06. The summed E-state index contributed by atoms with van der Waals surface area (Å²) in [7, 11) is 1.39. The van der Waals surface area contributed by atoms with Crippen molar-refractivity contribution < 1.29 is 9.53 Å². The Labute approximate surface area is 91.3 Å². The normalized spacial score (nSPS) is 11.2. The maximum Gasteiger partial charge on any atom is 0.337 e. The molecule has 0 amide bonds. The number of esters is 1. The molecule has 0 aliphatic heterocycles. The average Bonchev–Trinajstić information content (AvgIpc) is 2.15. The van der Waals surface area contributed by atoms with Crippen LogP contribution in [-0.4, -0.2) is 13.1 Å². The van der Waals surface area contributed by atoms with Gasteiger partial charge in [0, 0.05) is 0 Å². The van der Waals surface area contributed by atoms with E-state index in [4.69, 9.17) is 0 Å². The van der Waals surface area contributed by atoms with Gasteiger partial charge in [0.05, 0.1) is 12.7 Å². The van der Waals surface area contributed by atoms with Crippen LogP contribution in [0.4, 0.5) is 0 Å². The third kappa shape index (κ3) is 3.74. The maximum absolute atomic E-state index is 11.2. The highest BCUT2D eigenvalue weighted by Gasteiger charge is 2.11. The van der Waals surface area contributed by atoms with E-state index in [1.165, 1.54) is 12.7 Å². The summed E-state index contributed by atoms with van der Waals surface area (Å²) in [6, 6.07) is 7.59. The van der Waals surface area contributed by atoms with Gasteiger partial charge in [-0.2, -0.15) is 0 Å². The predicted molar refractivity (Wildman–Crippen MR) is 60.9 cm³/mol. The first-order valence-corrected chi connectivity index (χ1v) is 5.09. The Balaban J connectivity index is 2.77. The average molecular weight is 206 g/mol. The number of hydrogen-bond donors (Lipinski definition) is 0. The fourth-order valence-electron chi connectivity index (χ4n) is 1.49. The van der Waals surface area contributed by atoms with Crippen LogP contribution in [0.2, 0.25) is 0 Å². The number of carbonyl (C=O) groups is 1. The summed E-state index contributed by atoms with van der Waals surface area (Å²) < 4.78 is 4.64. The Bertz CT molecular complexity index is 331. The van der Waals surface area contributed by atoms with E-state index < -0.39 is 0 Å². The van der Waals surface area contributed by atoms with E-state index in [2.05, 4.69) is 25.5 Å². The summed E-state index contributed by atoms with van der Waals surface area (Å²) >= 11 is 0. The third-order valence-corrected chi connectivity index (χ3v) is 2.11. The molecule has 0 unspecified atom stereocenters. The van der Waals surface area contributed by atoms with E-state index in [0.29, 0.717) is 5.56 Å². The minimum absolute atomic E-state index is 0.271. The standard InChI is InChI=1S/C13H18O2/c1-13(2,3)9-10-5-7-11(8-6-10)12(14)15-4/h5-8H,9H2,1-4H3. The molecule has 0 saturated carbocycles. The first kappa shape index (κ1) is 11.8. The van der Waals surface area contributed by atoms with Crippen LogP contribution in [0.1, 0.15) is 36.7 Å². The highest BCUT2D eigenvalue weighted by atomic mass is 16.5. The second kappa shape index (κ2) is 4.47. The Morgan fingerprint density at radius 3 is 2.13 bits per heavy atom.